The highest BCUT2D eigenvalue weighted by Gasteiger charge is 2.51. The van der Waals surface area contributed by atoms with Crippen molar-refractivity contribution in [1.29, 1.82) is 0 Å². The molecule has 1 fully saturated rings. The van der Waals surface area contributed by atoms with Crippen LogP contribution in [0.15, 0.2) is 47.9 Å². The predicted octanol–water partition coefficient (Wildman–Crippen LogP) is 3.51. The van der Waals surface area contributed by atoms with E-state index in [1.165, 1.54) is 11.3 Å². The van der Waals surface area contributed by atoms with Gasteiger partial charge in [0.15, 0.2) is 0 Å². The van der Waals surface area contributed by atoms with E-state index in [4.69, 9.17) is 0 Å². The van der Waals surface area contributed by atoms with Gasteiger partial charge in [0, 0.05) is 10.9 Å². The van der Waals surface area contributed by atoms with Crippen molar-refractivity contribution in [2.75, 3.05) is 0 Å². The molecule has 2 aliphatic carbocycles. The van der Waals surface area contributed by atoms with Crippen LogP contribution in [-0.4, -0.2) is 22.0 Å². The van der Waals surface area contributed by atoms with Crippen molar-refractivity contribution < 1.29 is 14.7 Å². The molecule has 4 rings (SSSR count). The van der Waals surface area contributed by atoms with Gasteiger partial charge in [-0.1, -0.05) is 42.5 Å². The lowest BCUT2D eigenvalue weighted by molar-refractivity contribution is -0.148. The molecule has 5 atom stereocenters. The fourth-order valence-corrected chi connectivity index (χ4v) is 4.95. The standard InChI is InChI=1S/C20H20N2O3S/c1-11(19-22-15(10-26-19)12-5-3-2-4-6-12)21-18(23)16-13-7-8-14(9-13)17(16)20(24)25/h2-8,10-11,13-14,16-17H,9H2,1H3,(H,21,23)(H,24,25). The summed E-state index contributed by atoms with van der Waals surface area (Å²) >= 11 is 1.50. The molecule has 134 valence electrons. The summed E-state index contributed by atoms with van der Waals surface area (Å²) in [5, 5.41) is 15.3. The van der Waals surface area contributed by atoms with Crippen molar-refractivity contribution in [3.8, 4) is 11.3 Å². The average Bonchev–Trinajstić information content (AvgIpc) is 3.37. The molecule has 1 heterocycles. The second kappa shape index (κ2) is 6.68. The van der Waals surface area contributed by atoms with Gasteiger partial charge >= 0.3 is 5.97 Å². The Hall–Kier alpha value is -2.47. The highest BCUT2D eigenvalue weighted by atomic mass is 32.1. The van der Waals surface area contributed by atoms with Crippen LogP contribution < -0.4 is 5.32 Å². The molecule has 2 N–H and O–H groups in total. The number of carbonyl (C=O) groups excluding carboxylic acids is 1. The Morgan fingerprint density at radius 1 is 1.19 bits per heavy atom. The minimum atomic E-state index is -0.879. The van der Waals surface area contributed by atoms with Gasteiger partial charge in [-0.25, -0.2) is 4.98 Å². The normalized spacial score (nSPS) is 27.4. The first-order valence-electron chi connectivity index (χ1n) is 8.77. The number of aliphatic carboxylic acids is 1. The van der Waals surface area contributed by atoms with E-state index in [9.17, 15) is 14.7 Å². The average molecular weight is 368 g/mol. The number of aromatic nitrogens is 1. The monoisotopic (exact) mass is 368 g/mol. The Morgan fingerprint density at radius 2 is 1.88 bits per heavy atom. The molecule has 0 saturated heterocycles. The maximum Gasteiger partial charge on any atom is 0.307 e. The molecule has 6 heteroatoms. The molecule has 1 aromatic carbocycles. The molecule has 0 radical (unpaired) electrons. The summed E-state index contributed by atoms with van der Waals surface area (Å²) in [6, 6.07) is 9.65. The topological polar surface area (TPSA) is 79.3 Å². The van der Waals surface area contributed by atoms with Crippen molar-refractivity contribution in [1.82, 2.24) is 10.3 Å². The third kappa shape index (κ3) is 2.94. The molecule has 5 unspecified atom stereocenters. The highest BCUT2D eigenvalue weighted by Crippen LogP contribution is 2.48. The van der Waals surface area contributed by atoms with Crippen LogP contribution in [0.4, 0.5) is 0 Å². The van der Waals surface area contributed by atoms with Gasteiger partial charge in [0.05, 0.1) is 23.6 Å². The summed E-state index contributed by atoms with van der Waals surface area (Å²) in [6.07, 6.45) is 4.71. The van der Waals surface area contributed by atoms with Gasteiger partial charge in [-0.2, -0.15) is 0 Å². The first-order chi connectivity index (χ1) is 12.5. The second-order valence-corrected chi connectivity index (χ2v) is 7.90. The lowest BCUT2D eigenvalue weighted by Crippen LogP contribution is -2.41. The number of nitrogens with zero attached hydrogens (tertiary/aromatic N) is 1. The maximum absolute atomic E-state index is 12.8. The minimum Gasteiger partial charge on any atom is -0.481 e. The van der Waals surface area contributed by atoms with E-state index >= 15 is 0 Å². The molecule has 2 bridgehead atoms. The molecule has 1 aromatic heterocycles. The van der Waals surface area contributed by atoms with E-state index < -0.39 is 17.8 Å². The van der Waals surface area contributed by atoms with E-state index in [1.807, 2.05) is 54.8 Å². The molecule has 2 aliphatic rings. The van der Waals surface area contributed by atoms with Crippen LogP contribution >= 0.6 is 11.3 Å². The number of hydrogen-bond donors (Lipinski definition) is 2. The van der Waals surface area contributed by atoms with E-state index in [1.54, 1.807) is 0 Å². The summed E-state index contributed by atoms with van der Waals surface area (Å²) < 4.78 is 0. The number of carbonyl (C=O) groups is 2. The number of amides is 1. The van der Waals surface area contributed by atoms with E-state index in [-0.39, 0.29) is 23.8 Å². The highest BCUT2D eigenvalue weighted by molar-refractivity contribution is 7.10. The fraction of sp³-hybridized carbons (Fsp3) is 0.350. The first kappa shape index (κ1) is 17.0. The Bertz CT molecular complexity index is 861. The third-order valence-corrected chi connectivity index (χ3v) is 6.40. The quantitative estimate of drug-likeness (QED) is 0.792. The SMILES string of the molecule is CC(NC(=O)C1C2C=CC(C2)C1C(=O)O)c1nc(-c2ccccc2)cs1. The number of hydrogen-bond acceptors (Lipinski definition) is 4. The van der Waals surface area contributed by atoms with Crippen LogP contribution in [0.3, 0.4) is 0 Å². The van der Waals surface area contributed by atoms with Gasteiger partial charge in [-0.3, -0.25) is 9.59 Å². The molecule has 1 amide bonds. The lowest BCUT2D eigenvalue weighted by atomic mass is 9.82. The molecule has 2 aromatic rings. The van der Waals surface area contributed by atoms with Gasteiger partial charge in [-0.15, -0.1) is 11.3 Å². The Labute approximate surface area is 155 Å². The molecular formula is C20H20N2O3S. The van der Waals surface area contributed by atoms with Gasteiger partial charge in [-0.05, 0) is 25.2 Å². The molecule has 5 nitrogen and oxygen atoms in total. The summed E-state index contributed by atoms with van der Waals surface area (Å²) in [5.41, 5.74) is 1.93. The number of carboxylic acid groups (broad SMARTS) is 1. The van der Waals surface area contributed by atoms with Crippen LogP contribution in [0.2, 0.25) is 0 Å². The van der Waals surface area contributed by atoms with Crippen molar-refractivity contribution in [3.63, 3.8) is 0 Å². The van der Waals surface area contributed by atoms with E-state index in [2.05, 4.69) is 10.3 Å². The Balaban J connectivity index is 1.47. The lowest BCUT2D eigenvalue weighted by Gasteiger charge is -2.25. The van der Waals surface area contributed by atoms with Crippen LogP contribution in [0, 0.1) is 23.7 Å². The van der Waals surface area contributed by atoms with Crippen LogP contribution in [-0.2, 0) is 9.59 Å². The maximum atomic E-state index is 12.8. The van der Waals surface area contributed by atoms with Crippen LogP contribution in [0.25, 0.3) is 11.3 Å². The van der Waals surface area contributed by atoms with Gasteiger partial charge in [0.25, 0.3) is 0 Å². The van der Waals surface area contributed by atoms with Crippen LogP contribution in [0.1, 0.15) is 24.4 Å². The van der Waals surface area contributed by atoms with E-state index in [0.29, 0.717) is 0 Å². The molecular weight excluding hydrogens is 348 g/mol. The van der Waals surface area contributed by atoms with Gasteiger partial charge in [0.2, 0.25) is 5.91 Å². The van der Waals surface area contributed by atoms with Gasteiger partial charge < -0.3 is 10.4 Å². The first-order valence-corrected chi connectivity index (χ1v) is 9.65. The number of thiazole rings is 1. The van der Waals surface area contributed by atoms with Crippen molar-refractivity contribution in [2.45, 2.75) is 19.4 Å². The summed E-state index contributed by atoms with van der Waals surface area (Å²) in [7, 11) is 0. The molecule has 0 spiro atoms. The zero-order chi connectivity index (χ0) is 18.3. The predicted molar refractivity (Wildman–Crippen MR) is 99.5 cm³/mol. The number of allylic oxidation sites excluding steroid dienone is 2. The summed E-state index contributed by atoms with van der Waals surface area (Å²) in [5.74, 6) is -2.15. The second-order valence-electron chi connectivity index (χ2n) is 7.01. The minimum absolute atomic E-state index is 0.0203. The van der Waals surface area contributed by atoms with Crippen LogP contribution in [0.5, 0.6) is 0 Å². The summed E-state index contributed by atoms with van der Waals surface area (Å²) in [4.78, 5) is 29.0. The zero-order valence-electron chi connectivity index (χ0n) is 14.3. The number of fused-ring (bicyclic) bond motifs is 2. The number of nitrogens with one attached hydrogen (secondary N) is 1. The largest absolute Gasteiger partial charge is 0.481 e. The van der Waals surface area contributed by atoms with Crippen molar-refractivity contribution in [2.24, 2.45) is 23.7 Å². The van der Waals surface area contributed by atoms with Crippen molar-refractivity contribution in [3.05, 3.63) is 52.9 Å². The zero-order valence-corrected chi connectivity index (χ0v) is 15.1. The number of benzene rings is 1. The Morgan fingerprint density at radius 3 is 2.58 bits per heavy atom. The third-order valence-electron chi connectivity index (χ3n) is 5.37. The van der Waals surface area contributed by atoms with Gasteiger partial charge in [0.1, 0.15) is 5.01 Å². The number of carboxylic acids is 1. The Kier molecular flexibility index (Phi) is 4.36. The molecule has 26 heavy (non-hydrogen) atoms. The summed E-state index contributed by atoms with van der Waals surface area (Å²) in [6.45, 7) is 1.89. The van der Waals surface area contributed by atoms with E-state index in [0.717, 1.165) is 22.7 Å². The van der Waals surface area contributed by atoms with Crippen molar-refractivity contribution >= 4 is 23.2 Å². The molecule has 0 aliphatic heterocycles. The number of rotatable bonds is 5. The molecule has 1 saturated carbocycles. The fourth-order valence-electron chi connectivity index (χ4n) is 4.12. The smallest absolute Gasteiger partial charge is 0.307 e.